The van der Waals surface area contributed by atoms with Crippen LogP contribution in [0.2, 0.25) is 0 Å². The van der Waals surface area contributed by atoms with Gasteiger partial charge in [0.2, 0.25) is 35.4 Å². The van der Waals surface area contributed by atoms with Crippen LogP contribution in [0, 0.1) is 0 Å². The summed E-state index contributed by atoms with van der Waals surface area (Å²) in [7, 11) is 0. The van der Waals surface area contributed by atoms with E-state index < -0.39 is 24.2 Å². The molecule has 324 valence electrons. The Bertz CT molecular complexity index is 2230. The molecule has 4 atom stereocenters. The molecule has 0 radical (unpaired) electrons. The maximum Gasteiger partial charge on any atom is 0.250 e. The molecule has 2 aliphatic rings. The second kappa shape index (κ2) is 20.5. The van der Waals surface area contributed by atoms with Gasteiger partial charge in [-0.15, -0.1) is 0 Å². The molecule has 0 bridgehead atoms. The summed E-state index contributed by atoms with van der Waals surface area (Å²) < 4.78 is 0. The zero-order valence-electron chi connectivity index (χ0n) is 35.5. The second-order valence-electron chi connectivity index (χ2n) is 16.0. The van der Waals surface area contributed by atoms with Crippen molar-refractivity contribution in [2.24, 2.45) is 0 Å². The maximum absolute atomic E-state index is 13.8. The summed E-state index contributed by atoms with van der Waals surface area (Å²) in [5.41, 5.74) is 5.60. The first kappa shape index (κ1) is 43.8. The fourth-order valence-electron chi connectivity index (χ4n) is 8.37. The number of likely N-dealkylation sites (tertiary alicyclic amines) is 2. The SMILES string of the molecule is CC(=O)NC(C(=O)N1CCCC1C(=O)Nc1ccc(CN(Cc2ccc(NC(=O)[C@@H]3CCCN3C(=O)[C@H](NC(C)=O)c3ccccc3)cc2)c2ccccc2)cc1)c1ccccc1. The Morgan fingerprint density at radius 3 is 1.25 bits per heavy atom. The van der Waals surface area contributed by atoms with E-state index in [0.29, 0.717) is 74.4 Å². The van der Waals surface area contributed by atoms with E-state index in [1.165, 1.54) is 13.8 Å². The molecule has 2 fully saturated rings. The van der Waals surface area contributed by atoms with E-state index in [2.05, 4.69) is 38.3 Å². The summed E-state index contributed by atoms with van der Waals surface area (Å²) in [6.07, 6.45) is 2.40. The van der Waals surface area contributed by atoms with Gasteiger partial charge < -0.3 is 36.0 Å². The van der Waals surface area contributed by atoms with Gasteiger partial charge in [-0.05, 0) is 84.3 Å². The zero-order chi connectivity index (χ0) is 44.3. The number of carbonyl (C=O) groups excluding carboxylic acids is 6. The molecule has 2 saturated heterocycles. The number of hydrogen-bond acceptors (Lipinski definition) is 7. The normalized spacial score (nSPS) is 16.7. The smallest absolute Gasteiger partial charge is 0.250 e. The van der Waals surface area contributed by atoms with Gasteiger partial charge in [-0.1, -0.05) is 103 Å². The summed E-state index contributed by atoms with van der Waals surface area (Å²) in [5, 5.41) is 11.5. The van der Waals surface area contributed by atoms with Crippen LogP contribution in [0.4, 0.5) is 17.1 Å². The molecule has 5 aromatic rings. The average Bonchev–Trinajstić information content (AvgIpc) is 4.01. The van der Waals surface area contributed by atoms with Gasteiger partial charge in [-0.3, -0.25) is 28.8 Å². The van der Waals surface area contributed by atoms with Gasteiger partial charge >= 0.3 is 0 Å². The number of carbonyl (C=O) groups is 6. The minimum atomic E-state index is -0.883. The van der Waals surface area contributed by atoms with Gasteiger partial charge in [0, 0.05) is 57.1 Å². The van der Waals surface area contributed by atoms with Crippen molar-refractivity contribution in [2.45, 2.75) is 76.8 Å². The predicted octanol–water partition coefficient (Wildman–Crippen LogP) is 6.51. The molecule has 4 N–H and O–H groups in total. The molecule has 5 aromatic carbocycles. The molecule has 13 heteroatoms. The Balaban J connectivity index is 0.971. The lowest BCUT2D eigenvalue weighted by Crippen LogP contribution is -2.48. The molecule has 2 aliphatic heterocycles. The molecule has 2 unspecified atom stereocenters. The molecule has 7 rings (SSSR count). The van der Waals surface area contributed by atoms with Gasteiger partial charge in [0.1, 0.15) is 24.2 Å². The van der Waals surface area contributed by atoms with Gasteiger partial charge in [0.05, 0.1) is 0 Å². The Morgan fingerprint density at radius 1 is 0.524 bits per heavy atom. The van der Waals surface area contributed by atoms with Crippen LogP contribution in [0.15, 0.2) is 140 Å². The first-order valence-corrected chi connectivity index (χ1v) is 21.4. The number of nitrogens with zero attached hydrogens (tertiary/aromatic N) is 3. The maximum atomic E-state index is 13.8. The topological polar surface area (TPSA) is 160 Å². The molecule has 2 heterocycles. The quantitative estimate of drug-likeness (QED) is 0.0936. The average molecular weight is 848 g/mol. The lowest BCUT2D eigenvalue weighted by Gasteiger charge is -2.29. The number of nitrogens with one attached hydrogen (secondary N) is 4. The van der Waals surface area contributed by atoms with Crippen LogP contribution < -0.4 is 26.2 Å². The van der Waals surface area contributed by atoms with Crippen LogP contribution in [0.1, 0.15) is 73.9 Å². The molecule has 0 saturated carbocycles. The van der Waals surface area contributed by atoms with Crippen molar-refractivity contribution in [3.8, 4) is 0 Å². The Labute approximate surface area is 367 Å². The van der Waals surface area contributed by atoms with E-state index in [1.54, 1.807) is 34.1 Å². The van der Waals surface area contributed by atoms with Crippen molar-refractivity contribution >= 4 is 52.5 Å². The molecular formula is C50H53N7O6. The molecule has 6 amide bonds. The van der Waals surface area contributed by atoms with Gasteiger partial charge in [-0.25, -0.2) is 0 Å². The van der Waals surface area contributed by atoms with Crippen LogP contribution in [0.3, 0.4) is 0 Å². The number of amides is 6. The summed E-state index contributed by atoms with van der Waals surface area (Å²) >= 11 is 0. The van der Waals surface area contributed by atoms with Crippen molar-refractivity contribution in [1.82, 2.24) is 20.4 Å². The van der Waals surface area contributed by atoms with Crippen LogP contribution in [0.5, 0.6) is 0 Å². The zero-order valence-corrected chi connectivity index (χ0v) is 35.5. The first-order valence-electron chi connectivity index (χ1n) is 21.4. The van der Waals surface area contributed by atoms with E-state index in [-0.39, 0.29) is 35.4 Å². The van der Waals surface area contributed by atoms with E-state index in [9.17, 15) is 28.8 Å². The largest absolute Gasteiger partial charge is 0.363 e. The lowest BCUT2D eigenvalue weighted by atomic mass is 10.0. The highest BCUT2D eigenvalue weighted by Gasteiger charge is 2.39. The molecule has 0 aromatic heterocycles. The van der Waals surface area contributed by atoms with Crippen LogP contribution in [-0.2, 0) is 41.9 Å². The highest BCUT2D eigenvalue weighted by molar-refractivity contribution is 6.00. The standard InChI is InChI=1S/C50H53N7O6/c1-34(58)51-45(38-14-6-3-7-15-38)49(62)56-30-12-20-43(56)47(60)53-40-26-22-36(23-27-40)32-55(42-18-10-5-11-19-42)33-37-24-28-41(29-25-37)54-48(61)44-21-13-31-57(44)50(63)46(52-35(2)59)39-16-8-4-9-17-39/h3-11,14-19,22-29,43-46H,12-13,20-21,30-33H2,1-2H3,(H,51,58)(H,52,59)(H,53,60)(H,54,61)/t43-,44?,45+,46?/m0/s1. The minimum absolute atomic E-state index is 0.276. The summed E-state index contributed by atoms with van der Waals surface area (Å²) in [5.74, 6) is -1.84. The third kappa shape index (κ3) is 11.2. The molecule has 63 heavy (non-hydrogen) atoms. The van der Waals surface area contributed by atoms with Crippen molar-refractivity contribution in [1.29, 1.82) is 0 Å². The van der Waals surface area contributed by atoms with E-state index >= 15 is 0 Å². The Hall–Kier alpha value is -7.28. The van der Waals surface area contributed by atoms with Crippen LogP contribution in [-0.4, -0.2) is 70.4 Å². The number of para-hydroxylation sites is 1. The fourth-order valence-corrected chi connectivity index (χ4v) is 8.37. The fraction of sp³-hybridized carbons (Fsp3) is 0.280. The number of benzene rings is 5. The third-order valence-corrected chi connectivity index (χ3v) is 11.4. The summed E-state index contributed by atoms with van der Waals surface area (Å²) in [4.78, 5) is 84.2. The molecular weight excluding hydrogens is 795 g/mol. The molecule has 13 nitrogen and oxygen atoms in total. The predicted molar refractivity (Wildman–Crippen MR) is 242 cm³/mol. The number of hydrogen-bond donors (Lipinski definition) is 4. The third-order valence-electron chi connectivity index (χ3n) is 11.4. The van der Waals surface area contributed by atoms with Gasteiger partial charge in [0.15, 0.2) is 0 Å². The van der Waals surface area contributed by atoms with Crippen molar-refractivity contribution < 1.29 is 28.8 Å². The van der Waals surface area contributed by atoms with E-state index in [0.717, 1.165) is 16.8 Å². The number of anilines is 3. The molecule has 0 spiro atoms. The van der Waals surface area contributed by atoms with Crippen molar-refractivity contribution in [3.63, 3.8) is 0 Å². The summed E-state index contributed by atoms with van der Waals surface area (Å²) in [6.45, 7) is 4.73. The highest BCUT2D eigenvalue weighted by Crippen LogP contribution is 2.28. The van der Waals surface area contributed by atoms with Crippen molar-refractivity contribution in [2.75, 3.05) is 28.6 Å². The van der Waals surface area contributed by atoms with E-state index in [1.807, 2.05) is 103 Å². The minimum Gasteiger partial charge on any atom is -0.363 e. The monoisotopic (exact) mass is 847 g/mol. The second-order valence-corrected chi connectivity index (χ2v) is 16.0. The first-order chi connectivity index (χ1) is 30.5. The van der Waals surface area contributed by atoms with Gasteiger partial charge in [0.25, 0.3) is 0 Å². The Morgan fingerprint density at radius 2 is 0.889 bits per heavy atom. The van der Waals surface area contributed by atoms with Gasteiger partial charge in [-0.2, -0.15) is 0 Å². The Kier molecular flexibility index (Phi) is 14.3. The lowest BCUT2D eigenvalue weighted by molar-refractivity contribution is -0.140. The van der Waals surface area contributed by atoms with Crippen molar-refractivity contribution in [3.05, 3.63) is 162 Å². The number of rotatable bonds is 15. The summed E-state index contributed by atoms with van der Waals surface area (Å²) in [6, 6.07) is 40.4. The van der Waals surface area contributed by atoms with Crippen LogP contribution in [0.25, 0.3) is 0 Å². The highest BCUT2D eigenvalue weighted by atomic mass is 16.2. The molecule has 0 aliphatic carbocycles. The van der Waals surface area contributed by atoms with Crippen LogP contribution >= 0.6 is 0 Å². The van der Waals surface area contributed by atoms with E-state index in [4.69, 9.17) is 0 Å².